The van der Waals surface area contributed by atoms with Crippen LogP contribution >= 0.6 is 24.2 Å². The smallest absolute Gasteiger partial charge is 0.195 e. The highest BCUT2D eigenvalue weighted by molar-refractivity contribution is 7.99. The number of aromatic nitrogens is 3. The Kier molecular flexibility index (Phi) is 7.77. The SMILES string of the molecule is Cl.NCCc1nnc(SCC(O)CO)n1-c1ccc(F)cc1. The van der Waals surface area contributed by atoms with E-state index in [1.54, 1.807) is 16.7 Å². The Morgan fingerprint density at radius 2 is 1.95 bits per heavy atom. The van der Waals surface area contributed by atoms with Gasteiger partial charge in [0.1, 0.15) is 11.6 Å². The Bertz CT molecular complexity index is 582. The molecule has 0 amide bonds. The molecule has 1 aromatic heterocycles. The number of halogens is 2. The molecule has 1 aromatic carbocycles. The quantitative estimate of drug-likeness (QED) is 0.640. The van der Waals surface area contributed by atoms with Crippen LogP contribution in [0.5, 0.6) is 0 Å². The number of nitrogens with two attached hydrogens (primary N) is 1. The molecule has 0 aliphatic heterocycles. The molecule has 0 saturated heterocycles. The maximum Gasteiger partial charge on any atom is 0.195 e. The Hall–Kier alpha value is -1.19. The first-order chi connectivity index (χ1) is 10.2. The van der Waals surface area contributed by atoms with E-state index in [1.165, 1.54) is 23.9 Å². The van der Waals surface area contributed by atoms with Crippen LogP contribution in [-0.2, 0) is 6.42 Å². The summed E-state index contributed by atoms with van der Waals surface area (Å²) in [7, 11) is 0. The average Bonchev–Trinajstić information content (AvgIpc) is 2.89. The zero-order valence-corrected chi connectivity index (χ0v) is 13.4. The second kappa shape index (κ2) is 9.06. The monoisotopic (exact) mass is 348 g/mol. The Balaban J connectivity index is 0.00000242. The van der Waals surface area contributed by atoms with Gasteiger partial charge in [0.05, 0.1) is 12.7 Å². The van der Waals surface area contributed by atoms with Gasteiger partial charge in [0.15, 0.2) is 5.16 Å². The maximum atomic E-state index is 13.1. The predicted molar refractivity (Wildman–Crippen MR) is 85.1 cm³/mol. The second-order valence-electron chi connectivity index (χ2n) is 4.40. The molecule has 2 rings (SSSR count). The molecule has 0 fully saturated rings. The molecular weight excluding hydrogens is 331 g/mol. The summed E-state index contributed by atoms with van der Waals surface area (Å²) in [4.78, 5) is 0. The van der Waals surface area contributed by atoms with Crippen molar-refractivity contribution >= 4 is 24.2 Å². The number of hydrogen-bond donors (Lipinski definition) is 3. The fraction of sp³-hybridized carbons (Fsp3) is 0.385. The van der Waals surface area contributed by atoms with Crippen LogP contribution in [0.25, 0.3) is 5.69 Å². The number of rotatable bonds is 7. The van der Waals surface area contributed by atoms with Crippen molar-refractivity contribution in [3.8, 4) is 5.69 Å². The van der Waals surface area contributed by atoms with E-state index in [-0.39, 0.29) is 24.8 Å². The summed E-state index contributed by atoms with van der Waals surface area (Å²) in [5, 5.41) is 27.0. The summed E-state index contributed by atoms with van der Waals surface area (Å²) < 4.78 is 14.8. The van der Waals surface area contributed by atoms with Gasteiger partial charge in [0, 0.05) is 17.9 Å². The Morgan fingerprint density at radius 3 is 2.55 bits per heavy atom. The van der Waals surface area contributed by atoms with Crippen LogP contribution in [0.15, 0.2) is 29.4 Å². The molecule has 9 heteroatoms. The fourth-order valence-corrected chi connectivity index (χ4v) is 2.64. The molecule has 0 radical (unpaired) electrons. The van der Waals surface area contributed by atoms with Gasteiger partial charge in [-0.05, 0) is 30.8 Å². The zero-order valence-electron chi connectivity index (χ0n) is 11.7. The first kappa shape index (κ1) is 18.9. The lowest BCUT2D eigenvalue weighted by Crippen LogP contribution is -2.15. The molecule has 122 valence electrons. The van der Waals surface area contributed by atoms with E-state index < -0.39 is 6.10 Å². The zero-order chi connectivity index (χ0) is 15.2. The number of nitrogens with zero attached hydrogens (tertiary/aromatic N) is 3. The van der Waals surface area contributed by atoms with Crippen LogP contribution in [0.2, 0.25) is 0 Å². The summed E-state index contributed by atoms with van der Waals surface area (Å²) in [6.45, 7) is 0.108. The van der Waals surface area contributed by atoms with Crippen LogP contribution < -0.4 is 5.73 Å². The Morgan fingerprint density at radius 1 is 1.27 bits per heavy atom. The largest absolute Gasteiger partial charge is 0.394 e. The molecule has 22 heavy (non-hydrogen) atoms. The van der Waals surface area contributed by atoms with Crippen LogP contribution in [0, 0.1) is 5.82 Å². The minimum Gasteiger partial charge on any atom is -0.394 e. The summed E-state index contributed by atoms with van der Waals surface area (Å²) in [6, 6.07) is 5.98. The van der Waals surface area contributed by atoms with Gasteiger partial charge in [0.25, 0.3) is 0 Å². The van der Waals surface area contributed by atoms with Gasteiger partial charge < -0.3 is 15.9 Å². The second-order valence-corrected chi connectivity index (χ2v) is 5.38. The van der Waals surface area contributed by atoms with Gasteiger partial charge in [-0.15, -0.1) is 22.6 Å². The molecule has 1 atom stereocenters. The number of thioether (sulfide) groups is 1. The number of hydrogen-bond acceptors (Lipinski definition) is 6. The molecule has 1 heterocycles. The average molecular weight is 349 g/mol. The molecule has 0 spiro atoms. The molecule has 0 aliphatic rings. The lowest BCUT2D eigenvalue weighted by Gasteiger charge is -2.11. The van der Waals surface area contributed by atoms with Gasteiger partial charge in [0.2, 0.25) is 0 Å². The van der Waals surface area contributed by atoms with E-state index in [0.717, 1.165) is 5.69 Å². The van der Waals surface area contributed by atoms with Gasteiger partial charge in [-0.1, -0.05) is 11.8 Å². The molecule has 1 unspecified atom stereocenters. The molecule has 2 aromatic rings. The van der Waals surface area contributed by atoms with Crippen molar-refractivity contribution in [1.82, 2.24) is 14.8 Å². The van der Waals surface area contributed by atoms with Crippen molar-refractivity contribution in [1.29, 1.82) is 0 Å². The van der Waals surface area contributed by atoms with E-state index in [9.17, 15) is 9.50 Å². The first-order valence-corrected chi connectivity index (χ1v) is 7.46. The van der Waals surface area contributed by atoms with Crippen LogP contribution in [0.4, 0.5) is 4.39 Å². The van der Waals surface area contributed by atoms with Gasteiger partial charge >= 0.3 is 0 Å². The molecule has 0 bridgehead atoms. The minimum absolute atomic E-state index is 0. The van der Waals surface area contributed by atoms with Gasteiger partial charge in [-0.2, -0.15) is 0 Å². The van der Waals surface area contributed by atoms with E-state index in [0.29, 0.717) is 29.7 Å². The van der Waals surface area contributed by atoms with Crippen molar-refractivity contribution in [2.45, 2.75) is 17.7 Å². The van der Waals surface area contributed by atoms with Crippen molar-refractivity contribution in [2.24, 2.45) is 5.73 Å². The van der Waals surface area contributed by atoms with Gasteiger partial charge in [-0.3, -0.25) is 4.57 Å². The van der Waals surface area contributed by atoms with Crippen LogP contribution in [0.3, 0.4) is 0 Å². The summed E-state index contributed by atoms with van der Waals surface area (Å²) in [5.41, 5.74) is 6.29. The lowest BCUT2D eigenvalue weighted by atomic mass is 10.3. The first-order valence-electron chi connectivity index (χ1n) is 6.47. The summed E-state index contributed by atoms with van der Waals surface area (Å²) >= 11 is 1.27. The normalized spacial score (nSPS) is 12.0. The van der Waals surface area contributed by atoms with Crippen LogP contribution in [-0.4, -0.2) is 50.0 Å². The molecular formula is C13H18ClFN4O2S. The third-order valence-electron chi connectivity index (χ3n) is 2.77. The minimum atomic E-state index is -0.827. The van der Waals surface area contributed by atoms with E-state index >= 15 is 0 Å². The summed E-state index contributed by atoms with van der Waals surface area (Å²) in [5.74, 6) is 0.639. The maximum absolute atomic E-state index is 13.1. The van der Waals surface area contributed by atoms with E-state index in [4.69, 9.17) is 10.8 Å². The highest BCUT2D eigenvalue weighted by Gasteiger charge is 2.15. The van der Waals surface area contributed by atoms with Crippen LogP contribution in [0.1, 0.15) is 5.82 Å². The fourth-order valence-electron chi connectivity index (χ4n) is 1.76. The van der Waals surface area contributed by atoms with Crippen molar-refractivity contribution in [2.75, 3.05) is 18.9 Å². The van der Waals surface area contributed by atoms with Crippen molar-refractivity contribution in [3.05, 3.63) is 35.9 Å². The molecule has 0 aliphatic carbocycles. The molecule has 0 saturated carbocycles. The topological polar surface area (TPSA) is 97.2 Å². The van der Waals surface area contributed by atoms with E-state index in [1.807, 2.05) is 0 Å². The third kappa shape index (κ3) is 4.65. The molecule has 4 N–H and O–H groups in total. The number of benzene rings is 1. The lowest BCUT2D eigenvalue weighted by molar-refractivity contribution is 0.113. The Labute approximate surface area is 138 Å². The molecule has 6 nitrogen and oxygen atoms in total. The summed E-state index contributed by atoms with van der Waals surface area (Å²) in [6.07, 6.45) is -0.292. The predicted octanol–water partition coefficient (Wildman–Crippen LogP) is 0.775. The highest BCUT2D eigenvalue weighted by Crippen LogP contribution is 2.23. The highest BCUT2D eigenvalue weighted by atomic mass is 35.5. The van der Waals surface area contributed by atoms with Crippen molar-refractivity contribution in [3.63, 3.8) is 0 Å². The van der Waals surface area contributed by atoms with Crippen molar-refractivity contribution < 1.29 is 14.6 Å². The number of aliphatic hydroxyl groups excluding tert-OH is 2. The standard InChI is InChI=1S/C13H17FN4O2S.ClH/c14-9-1-3-10(4-2-9)18-12(5-6-15)16-17-13(18)21-8-11(20)7-19;/h1-4,11,19-20H,5-8,15H2;1H. The number of aliphatic hydroxyl groups is 2. The van der Waals surface area contributed by atoms with E-state index in [2.05, 4.69) is 10.2 Å². The van der Waals surface area contributed by atoms with Gasteiger partial charge in [-0.25, -0.2) is 4.39 Å². The third-order valence-corrected chi connectivity index (χ3v) is 3.84.